The van der Waals surface area contributed by atoms with E-state index in [1.54, 1.807) is 0 Å². The highest BCUT2D eigenvalue weighted by molar-refractivity contribution is 4.87. The molecule has 15 heavy (non-hydrogen) atoms. The minimum Gasteiger partial charge on any atom is -0.396 e. The van der Waals surface area contributed by atoms with E-state index in [0.29, 0.717) is 6.61 Å². The zero-order chi connectivity index (χ0) is 11.1. The molecule has 0 saturated heterocycles. The van der Waals surface area contributed by atoms with Gasteiger partial charge in [0.1, 0.15) is 0 Å². The fourth-order valence-electron chi connectivity index (χ4n) is 2.87. The van der Waals surface area contributed by atoms with Gasteiger partial charge in [0.25, 0.3) is 0 Å². The molecule has 0 spiro atoms. The topological polar surface area (TPSA) is 23.5 Å². The first kappa shape index (κ1) is 13.0. The summed E-state index contributed by atoms with van der Waals surface area (Å²) in [6, 6.07) is 0. The summed E-state index contributed by atoms with van der Waals surface area (Å²) >= 11 is 0. The van der Waals surface area contributed by atoms with Gasteiger partial charge >= 0.3 is 0 Å². The summed E-state index contributed by atoms with van der Waals surface area (Å²) in [6.07, 6.45) is 7.53. The summed E-state index contributed by atoms with van der Waals surface area (Å²) in [4.78, 5) is 2.54. The molecule has 2 heteroatoms. The zero-order valence-corrected chi connectivity index (χ0v) is 10.5. The van der Waals surface area contributed by atoms with Crippen LogP contribution in [0.1, 0.15) is 52.4 Å². The highest BCUT2D eigenvalue weighted by atomic mass is 16.3. The Labute approximate surface area is 94.7 Å². The minimum atomic E-state index is 0.240. The number of aliphatic hydroxyl groups is 1. The molecule has 0 unspecified atom stereocenters. The Morgan fingerprint density at radius 1 is 1.07 bits per heavy atom. The molecule has 0 amide bonds. The zero-order valence-electron chi connectivity index (χ0n) is 10.5. The van der Waals surface area contributed by atoms with Crippen molar-refractivity contribution in [2.75, 3.05) is 26.2 Å². The Balaban J connectivity index is 2.46. The third kappa shape index (κ3) is 3.76. The maximum Gasteiger partial charge on any atom is 0.0499 e. The van der Waals surface area contributed by atoms with Gasteiger partial charge in [-0.2, -0.15) is 0 Å². The van der Waals surface area contributed by atoms with E-state index < -0.39 is 0 Å². The third-order valence-electron chi connectivity index (χ3n) is 3.64. The van der Waals surface area contributed by atoms with Crippen LogP contribution in [0.4, 0.5) is 0 Å². The normalized spacial score (nSPS) is 20.0. The van der Waals surface area contributed by atoms with Crippen molar-refractivity contribution in [1.82, 2.24) is 4.90 Å². The molecule has 1 fully saturated rings. The Morgan fingerprint density at radius 2 is 1.60 bits per heavy atom. The van der Waals surface area contributed by atoms with Crippen LogP contribution in [0, 0.1) is 5.41 Å². The average molecular weight is 213 g/mol. The van der Waals surface area contributed by atoms with Crippen molar-refractivity contribution in [3.8, 4) is 0 Å². The highest BCUT2D eigenvalue weighted by Gasteiger charge is 2.34. The van der Waals surface area contributed by atoms with Crippen LogP contribution in [-0.4, -0.2) is 36.2 Å². The Morgan fingerprint density at radius 3 is 2.00 bits per heavy atom. The molecular formula is C13H27NO. The maximum atomic E-state index is 9.58. The largest absolute Gasteiger partial charge is 0.396 e. The van der Waals surface area contributed by atoms with Gasteiger partial charge in [-0.15, -0.1) is 0 Å². The summed E-state index contributed by atoms with van der Waals surface area (Å²) in [5.41, 5.74) is 0.240. The summed E-state index contributed by atoms with van der Waals surface area (Å²) in [7, 11) is 0. The second kappa shape index (κ2) is 6.49. The monoisotopic (exact) mass is 213 g/mol. The van der Waals surface area contributed by atoms with Crippen molar-refractivity contribution < 1.29 is 5.11 Å². The molecule has 1 N–H and O–H groups in total. The van der Waals surface area contributed by atoms with Crippen LogP contribution >= 0.6 is 0 Å². The van der Waals surface area contributed by atoms with E-state index in [2.05, 4.69) is 18.7 Å². The van der Waals surface area contributed by atoms with Crippen molar-refractivity contribution in [2.24, 2.45) is 5.41 Å². The lowest BCUT2D eigenvalue weighted by Crippen LogP contribution is -2.39. The smallest absolute Gasteiger partial charge is 0.0499 e. The van der Waals surface area contributed by atoms with E-state index in [1.165, 1.54) is 51.6 Å². The molecule has 0 aromatic carbocycles. The molecule has 0 bridgehead atoms. The fourth-order valence-corrected chi connectivity index (χ4v) is 2.87. The molecular weight excluding hydrogens is 186 g/mol. The lowest BCUT2D eigenvalue weighted by molar-refractivity contribution is 0.0781. The summed E-state index contributed by atoms with van der Waals surface area (Å²) in [6.45, 7) is 8.36. The molecule has 0 atom stereocenters. The molecule has 1 rings (SSSR count). The van der Waals surface area contributed by atoms with Gasteiger partial charge in [-0.3, -0.25) is 0 Å². The van der Waals surface area contributed by atoms with Crippen molar-refractivity contribution in [2.45, 2.75) is 52.4 Å². The predicted octanol–water partition coefficient (Wildman–Crippen LogP) is 2.66. The van der Waals surface area contributed by atoms with Gasteiger partial charge in [0, 0.05) is 18.6 Å². The van der Waals surface area contributed by atoms with Gasteiger partial charge in [0.2, 0.25) is 0 Å². The molecule has 0 aliphatic heterocycles. The second-order valence-corrected chi connectivity index (χ2v) is 5.14. The lowest BCUT2D eigenvalue weighted by atomic mass is 9.86. The van der Waals surface area contributed by atoms with Crippen LogP contribution in [0.25, 0.3) is 0 Å². The van der Waals surface area contributed by atoms with Gasteiger partial charge in [0.05, 0.1) is 0 Å². The first-order chi connectivity index (χ1) is 7.26. The number of aliphatic hydroxyl groups excluding tert-OH is 1. The number of nitrogens with zero attached hydrogens (tertiary/aromatic N) is 1. The van der Waals surface area contributed by atoms with E-state index in [4.69, 9.17) is 0 Å². The Hall–Kier alpha value is -0.0800. The maximum absolute atomic E-state index is 9.58. The van der Waals surface area contributed by atoms with E-state index in [9.17, 15) is 5.11 Å². The number of hydrogen-bond acceptors (Lipinski definition) is 2. The van der Waals surface area contributed by atoms with Crippen LogP contribution in [0.3, 0.4) is 0 Å². The van der Waals surface area contributed by atoms with Crippen LogP contribution in [0.15, 0.2) is 0 Å². The first-order valence-electron chi connectivity index (χ1n) is 6.59. The number of rotatable bonds is 7. The van der Waals surface area contributed by atoms with Gasteiger partial charge in [-0.1, -0.05) is 26.7 Å². The summed E-state index contributed by atoms with van der Waals surface area (Å²) in [5, 5.41) is 9.58. The molecule has 1 saturated carbocycles. The molecule has 1 aliphatic rings. The lowest BCUT2D eigenvalue weighted by Gasteiger charge is -2.33. The molecule has 0 heterocycles. The highest BCUT2D eigenvalue weighted by Crippen LogP contribution is 2.38. The average Bonchev–Trinajstić information content (AvgIpc) is 2.68. The van der Waals surface area contributed by atoms with E-state index in [0.717, 1.165) is 6.54 Å². The first-order valence-corrected chi connectivity index (χ1v) is 6.59. The van der Waals surface area contributed by atoms with E-state index in [-0.39, 0.29) is 5.41 Å². The molecule has 1 aliphatic carbocycles. The number of hydrogen-bond donors (Lipinski definition) is 1. The van der Waals surface area contributed by atoms with E-state index >= 15 is 0 Å². The van der Waals surface area contributed by atoms with Crippen molar-refractivity contribution in [3.05, 3.63) is 0 Å². The SMILES string of the molecule is CCCN(CCC)CC1(CO)CCCC1. The Kier molecular flexibility index (Phi) is 5.62. The minimum absolute atomic E-state index is 0.240. The molecule has 0 aromatic heterocycles. The molecule has 0 aromatic rings. The quantitative estimate of drug-likeness (QED) is 0.703. The van der Waals surface area contributed by atoms with Crippen LogP contribution in [-0.2, 0) is 0 Å². The third-order valence-corrected chi connectivity index (χ3v) is 3.64. The molecule has 2 nitrogen and oxygen atoms in total. The summed E-state index contributed by atoms with van der Waals surface area (Å²) in [5.74, 6) is 0. The predicted molar refractivity (Wildman–Crippen MR) is 65.0 cm³/mol. The van der Waals surface area contributed by atoms with Crippen LogP contribution < -0.4 is 0 Å². The van der Waals surface area contributed by atoms with Crippen LogP contribution in [0.2, 0.25) is 0 Å². The van der Waals surface area contributed by atoms with Gasteiger partial charge < -0.3 is 10.0 Å². The van der Waals surface area contributed by atoms with Gasteiger partial charge in [-0.25, -0.2) is 0 Å². The van der Waals surface area contributed by atoms with Crippen molar-refractivity contribution in [1.29, 1.82) is 0 Å². The molecule has 90 valence electrons. The van der Waals surface area contributed by atoms with E-state index in [1.807, 2.05) is 0 Å². The summed E-state index contributed by atoms with van der Waals surface area (Å²) < 4.78 is 0. The van der Waals surface area contributed by atoms with Gasteiger partial charge in [-0.05, 0) is 38.8 Å². The fraction of sp³-hybridized carbons (Fsp3) is 1.00. The van der Waals surface area contributed by atoms with Crippen molar-refractivity contribution >= 4 is 0 Å². The van der Waals surface area contributed by atoms with Crippen molar-refractivity contribution in [3.63, 3.8) is 0 Å². The van der Waals surface area contributed by atoms with Gasteiger partial charge in [0.15, 0.2) is 0 Å². The van der Waals surface area contributed by atoms with Crippen LogP contribution in [0.5, 0.6) is 0 Å². The standard InChI is InChI=1S/C13H27NO/c1-3-9-14(10-4-2)11-13(12-15)7-5-6-8-13/h15H,3-12H2,1-2H3. The molecule has 0 radical (unpaired) electrons. The Bertz CT molecular complexity index is 158. The second-order valence-electron chi connectivity index (χ2n) is 5.14.